The highest BCUT2D eigenvalue weighted by atomic mass is 32.1. The van der Waals surface area contributed by atoms with Crippen LogP contribution < -0.4 is 4.74 Å². The van der Waals surface area contributed by atoms with Crippen LogP contribution in [0, 0.1) is 0 Å². The van der Waals surface area contributed by atoms with Crippen LogP contribution in [-0.2, 0) is 4.74 Å². The summed E-state index contributed by atoms with van der Waals surface area (Å²) in [5.74, 6) is 0.223. The molecule has 0 bridgehead atoms. The Kier molecular flexibility index (Phi) is 3.97. The van der Waals surface area contributed by atoms with E-state index in [-0.39, 0.29) is 12.4 Å². The zero-order chi connectivity index (χ0) is 15.5. The van der Waals surface area contributed by atoms with Crippen molar-refractivity contribution in [2.24, 2.45) is 0 Å². The summed E-state index contributed by atoms with van der Waals surface area (Å²) in [6.07, 6.45) is 0. The summed E-state index contributed by atoms with van der Waals surface area (Å²) in [6, 6.07) is 9.61. The Morgan fingerprint density at radius 3 is 2.68 bits per heavy atom. The van der Waals surface area contributed by atoms with Crippen molar-refractivity contribution in [2.75, 3.05) is 13.7 Å². The first kappa shape index (κ1) is 14.4. The van der Waals surface area contributed by atoms with Crippen LogP contribution in [0.4, 0.5) is 0 Å². The van der Waals surface area contributed by atoms with Crippen molar-refractivity contribution >= 4 is 27.7 Å². The predicted molar refractivity (Wildman–Crippen MR) is 83.2 cm³/mol. The lowest BCUT2D eigenvalue weighted by Gasteiger charge is -2.00. The molecule has 0 spiro atoms. The Labute approximate surface area is 130 Å². The molecule has 0 aliphatic rings. The van der Waals surface area contributed by atoms with Crippen molar-refractivity contribution in [1.82, 2.24) is 15.2 Å². The number of methoxy groups -OCH3 is 1. The summed E-state index contributed by atoms with van der Waals surface area (Å²) < 4.78 is 10.0. The third-order valence-corrected chi connectivity index (χ3v) is 4.05. The summed E-state index contributed by atoms with van der Waals surface area (Å²) in [4.78, 5) is 17.5. The smallest absolute Gasteiger partial charge is 0.378 e. The molecule has 0 amide bonds. The molecular weight excluding hydrogens is 302 g/mol. The number of esters is 1. The van der Waals surface area contributed by atoms with Crippen molar-refractivity contribution in [2.45, 2.75) is 6.92 Å². The van der Waals surface area contributed by atoms with Crippen LogP contribution in [0.2, 0.25) is 0 Å². The second-order valence-electron chi connectivity index (χ2n) is 4.39. The van der Waals surface area contributed by atoms with Gasteiger partial charge < -0.3 is 9.47 Å². The van der Waals surface area contributed by atoms with E-state index in [0.717, 1.165) is 16.2 Å². The van der Waals surface area contributed by atoms with E-state index in [4.69, 9.17) is 9.47 Å². The van der Waals surface area contributed by atoms with E-state index in [1.54, 1.807) is 14.0 Å². The van der Waals surface area contributed by atoms with Crippen LogP contribution in [-0.4, -0.2) is 34.9 Å². The standard InChI is InChI=1S/C15H13N3O3S/c1-3-21-15(19)13-16-14-11(17-18-13)8-12(22-14)9-4-6-10(20-2)7-5-9/h4-8H,3H2,1-2H3. The molecule has 6 nitrogen and oxygen atoms in total. The number of hydrogen-bond donors (Lipinski definition) is 0. The Morgan fingerprint density at radius 1 is 1.23 bits per heavy atom. The van der Waals surface area contributed by atoms with E-state index in [9.17, 15) is 4.79 Å². The fourth-order valence-electron chi connectivity index (χ4n) is 1.92. The molecule has 2 aromatic heterocycles. The van der Waals surface area contributed by atoms with Crippen LogP contribution >= 0.6 is 11.3 Å². The summed E-state index contributed by atoms with van der Waals surface area (Å²) >= 11 is 1.45. The zero-order valence-electron chi connectivity index (χ0n) is 12.1. The van der Waals surface area contributed by atoms with Crippen molar-refractivity contribution in [3.63, 3.8) is 0 Å². The fourth-order valence-corrected chi connectivity index (χ4v) is 2.89. The number of carbonyl (C=O) groups excluding carboxylic acids is 1. The first-order chi connectivity index (χ1) is 10.7. The van der Waals surface area contributed by atoms with Crippen molar-refractivity contribution < 1.29 is 14.3 Å². The van der Waals surface area contributed by atoms with E-state index in [1.807, 2.05) is 30.3 Å². The van der Waals surface area contributed by atoms with E-state index in [1.165, 1.54) is 11.3 Å². The van der Waals surface area contributed by atoms with Gasteiger partial charge in [-0.3, -0.25) is 0 Å². The second-order valence-corrected chi connectivity index (χ2v) is 5.42. The van der Waals surface area contributed by atoms with Gasteiger partial charge in [0.1, 0.15) is 16.1 Å². The van der Waals surface area contributed by atoms with Gasteiger partial charge in [0.05, 0.1) is 13.7 Å². The highest BCUT2D eigenvalue weighted by Crippen LogP contribution is 2.32. The summed E-state index contributed by atoms with van der Waals surface area (Å²) in [5, 5.41) is 7.85. The number of fused-ring (bicyclic) bond motifs is 1. The lowest BCUT2D eigenvalue weighted by Crippen LogP contribution is -2.10. The minimum absolute atomic E-state index is 0.0162. The Morgan fingerprint density at radius 2 is 2.00 bits per heavy atom. The monoisotopic (exact) mass is 315 g/mol. The molecule has 0 radical (unpaired) electrons. The third-order valence-electron chi connectivity index (χ3n) is 2.99. The number of carbonyl (C=O) groups is 1. The Hall–Kier alpha value is -2.54. The average Bonchev–Trinajstić information content (AvgIpc) is 2.98. The van der Waals surface area contributed by atoms with Crippen molar-refractivity contribution in [3.05, 3.63) is 36.2 Å². The van der Waals surface area contributed by atoms with Gasteiger partial charge in [0.2, 0.25) is 0 Å². The molecule has 0 unspecified atom stereocenters. The molecule has 0 saturated heterocycles. The molecule has 1 aromatic carbocycles. The lowest BCUT2D eigenvalue weighted by molar-refractivity contribution is 0.0511. The molecule has 0 saturated carbocycles. The molecule has 112 valence electrons. The van der Waals surface area contributed by atoms with Gasteiger partial charge >= 0.3 is 5.97 Å². The first-order valence-electron chi connectivity index (χ1n) is 6.67. The van der Waals surface area contributed by atoms with Crippen LogP contribution in [0.1, 0.15) is 17.5 Å². The van der Waals surface area contributed by atoms with Crippen molar-refractivity contribution in [3.8, 4) is 16.2 Å². The van der Waals surface area contributed by atoms with Crippen LogP contribution in [0.25, 0.3) is 20.8 Å². The number of rotatable bonds is 4. The SMILES string of the molecule is CCOC(=O)c1nnc2cc(-c3ccc(OC)cc3)sc2n1. The minimum Gasteiger partial charge on any atom is -0.497 e. The van der Waals surface area contributed by atoms with Crippen LogP contribution in [0.5, 0.6) is 5.75 Å². The first-order valence-corrected chi connectivity index (χ1v) is 7.48. The molecule has 0 N–H and O–H groups in total. The minimum atomic E-state index is -0.559. The predicted octanol–water partition coefficient (Wildman–Crippen LogP) is 2.94. The van der Waals surface area contributed by atoms with Crippen molar-refractivity contribution in [1.29, 1.82) is 0 Å². The van der Waals surface area contributed by atoms with E-state index >= 15 is 0 Å². The molecule has 0 aliphatic carbocycles. The van der Waals surface area contributed by atoms with Gasteiger partial charge in [0.25, 0.3) is 5.82 Å². The maximum atomic E-state index is 11.6. The van der Waals surface area contributed by atoms with E-state index < -0.39 is 5.97 Å². The summed E-state index contributed by atoms with van der Waals surface area (Å²) in [7, 11) is 1.63. The number of hydrogen-bond acceptors (Lipinski definition) is 7. The van der Waals surface area contributed by atoms with Gasteiger partial charge in [0, 0.05) is 4.88 Å². The summed E-state index contributed by atoms with van der Waals surface area (Å²) in [5.41, 5.74) is 1.69. The molecule has 7 heteroatoms. The quantitative estimate of drug-likeness (QED) is 0.689. The molecular formula is C15H13N3O3S. The van der Waals surface area contributed by atoms with Gasteiger partial charge in [0.15, 0.2) is 0 Å². The maximum absolute atomic E-state index is 11.6. The molecule has 22 heavy (non-hydrogen) atoms. The molecule has 3 rings (SSSR count). The molecule has 2 heterocycles. The molecule has 0 fully saturated rings. The van der Waals surface area contributed by atoms with Gasteiger partial charge in [-0.15, -0.1) is 21.5 Å². The number of benzene rings is 1. The lowest BCUT2D eigenvalue weighted by atomic mass is 10.2. The Bertz CT molecular complexity index is 815. The number of thiophene rings is 1. The number of aromatic nitrogens is 3. The highest BCUT2D eigenvalue weighted by molar-refractivity contribution is 7.21. The maximum Gasteiger partial charge on any atom is 0.378 e. The van der Waals surface area contributed by atoms with Gasteiger partial charge in [-0.1, -0.05) is 0 Å². The van der Waals surface area contributed by atoms with Crippen LogP contribution in [0.3, 0.4) is 0 Å². The molecule has 3 aromatic rings. The van der Waals surface area contributed by atoms with E-state index in [0.29, 0.717) is 10.3 Å². The summed E-state index contributed by atoms with van der Waals surface area (Å²) in [6.45, 7) is 2.01. The third kappa shape index (κ3) is 2.75. The van der Waals surface area contributed by atoms with Crippen LogP contribution in [0.15, 0.2) is 30.3 Å². The normalized spacial score (nSPS) is 10.6. The molecule has 0 atom stereocenters. The second kappa shape index (κ2) is 6.07. The largest absolute Gasteiger partial charge is 0.497 e. The number of ether oxygens (including phenoxy) is 2. The van der Waals surface area contributed by atoms with E-state index in [2.05, 4.69) is 15.2 Å². The Balaban J connectivity index is 1.96. The zero-order valence-corrected chi connectivity index (χ0v) is 12.9. The average molecular weight is 315 g/mol. The highest BCUT2D eigenvalue weighted by Gasteiger charge is 2.14. The number of nitrogens with zero attached hydrogens (tertiary/aromatic N) is 3. The molecule has 0 aliphatic heterocycles. The fraction of sp³-hybridized carbons (Fsp3) is 0.200. The topological polar surface area (TPSA) is 74.2 Å². The van der Waals surface area contributed by atoms with Gasteiger partial charge in [-0.2, -0.15) is 0 Å². The van der Waals surface area contributed by atoms with Gasteiger partial charge in [-0.25, -0.2) is 9.78 Å². The van der Waals surface area contributed by atoms with Gasteiger partial charge in [-0.05, 0) is 42.8 Å².